The largest absolute Gasteiger partial charge is 0.459 e. The standard InChI is InChI=1S/C18H19ClN2O5/c1-11(2)16(21-17(23)14-7-4-8-25-14)18(24)26-10-15(22)20-13-6-3-5-12(19)9-13/h3-9,11,16H,10H2,1-2H3,(H,20,22)(H,21,23)/t16-/m1/s1. The van der Waals surface area contributed by atoms with Crippen LogP contribution in [0, 0.1) is 5.92 Å². The van der Waals surface area contributed by atoms with Gasteiger partial charge in [0.1, 0.15) is 6.04 Å². The third-order valence-electron chi connectivity index (χ3n) is 3.41. The maximum Gasteiger partial charge on any atom is 0.329 e. The minimum Gasteiger partial charge on any atom is -0.459 e. The number of hydrogen-bond donors (Lipinski definition) is 2. The molecule has 2 amide bonds. The van der Waals surface area contributed by atoms with Crippen molar-refractivity contribution in [2.24, 2.45) is 5.92 Å². The van der Waals surface area contributed by atoms with Gasteiger partial charge < -0.3 is 19.8 Å². The van der Waals surface area contributed by atoms with Gasteiger partial charge in [0, 0.05) is 10.7 Å². The second-order valence-electron chi connectivity index (χ2n) is 5.84. The first kappa shape index (κ1) is 19.5. The van der Waals surface area contributed by atoms with Crippen molar-refractivity contribution >= 4 is 35.1 Å². The van der Waals surface area contributed by atoms with E-state index in [1.165, 1.54) is 12.3 Å². The van der Waals surface area contributed by atoms with E-state index in [1.807, 2.05) is 0 Å². The predicted molar refractivity (Wildman–Crippen MR) is 95.8 cm³/mol. The van der Waals surface area contributed by atoms with E-state index in [4.69, 9.17) is 20.8 Å². The number of benzene rings is 1. The molecule has 0 aliphatic carbocycles. The highest BCUT2D eigenvalue weighted by molar-refractivity contribution is 6.30. The van der Waals surface area contributed by atoms with E-state index in [0.717, 1.165) is 0 Å². The predicted octanol–water partition coefficient (Wildman–Crippen LogP) is 2.87. The molecule has 0 aliphatic heterocycles. The van der Waals surface area contributed by atoms with Crippen molar-refractivity contribution in [2.45, 2.75) is 19.9 Å². The molecule has 0 aliphatic rings. The molecule has 1 atom stereocenters. The van der Waals surface area contributed by atoms with E-state index in [9.17, 15) is 14.4 Å². The lowest BCUT2D eigenvalue weighted by atomic mass is 10.0. The van der Waals surface area contributed by atoms with E-state index in [2.05, 4.69) is 10.6 Å². The Bertz CT molecular complexity index is 774. The summed E-state index contributed by atoms with van der Waals surface area (Å²) in [6.45, 7) is 3.02. The number of amides is 2. The molecule has 0 saturated carbocycles. The number of carbonyl (C=O) groups excluding carboxylic acids is 3. The molecule has 7 nitrogen and oxygen atoms in total. The third kappa shape index (κ3) is 5.63. The summed E-state index contributed by atoms with van der Waals surface area (Å²) < 4.78 is 10.0. The zero-order valence-electron chi connectivity index (χ0n) is 14.3. The van der Waals surface area contributed by atoms with Crippen LogP contribution in [0.25, 0.3) is 0 Å². The number of ether oxygens (including phenoxy) is 1. The molecule has 1 heterocycles. The molecule has 0 saturated heterocycles. The first-order valence-electron chi connectivity index (χ1n) is 7.93. The van der Waals surface area contributed by atoms with Crippen LogP contribution >= 0.6 is 11.6 Å². The lowest BCUT2D eigenvalue weighted by Gasteiger charge is -2.20. The average Bonchev–Trinajstić information content (AvgIpc) is 3.12. The van der Waals surface area contributed by atoms with Crippen LogP contribution in [0.4, 0.5) is 5.69 Å². The molecule has 26 heavy (non-hydrogen) atoms. The number of carbonyl (C=O) groups is 3. The van der Waals surface area contributed by atoms with Crippen LogP contribution < -0.4 is 10.6 Å². The minimum absolute atomic E-state index is 0.0853. The van der Waals surface area contributed by atoms with Crippen LogP contribution in [-0.2, 0) is 14.3 Å². The summed E-state index contributed by atoms with van der Waals surface area (Å²) in [5.41, 5.74) is 0.491. The maximum absolute atomic E-state index is 12.2. The summed E-state index contributed by atoms with van der Waals surface area (Å²) >= 11 is 5.84. The Labute approximate surface area is 155 Å². The Morgan fingerprint density at radius 2 is 1.96 bits per heavy atom. The maximum atomic E-state index is 12.2. The minimum atomic E-state index is -0.911. The molecule has 2 N–H and O–H groups in total. The quantitative estimate of drug-likeness (QED) is 0.722. The normalized spacial score (nSPS) is 11.7. The Morgan fingerprint density at radius 1 is 1.19 bits per heavy atom. The first-order valence-corrected chi connectivity index (χ1v) is 8.31. The van der Waals surface area contributed by atoms with Crippen LogP contribution in [0.15, 0.2) is 47.1 Å². The van der Waals surface area contributed by atoms with E-state index >= 15 is 0 Å². The van der Waals surface area contributed by atoms with Gasteiger partial charge in [-0.05, 0) is 36.2 Å². The van der Waals surface area contributed by atoms with E-state index < -0.39 is 30.4 Å². The topological polar surface area (TPSA) is 97.6 Å². The zero-order chi connectivity index (χ0) is 19.1. The van der Waals surface area contributed by atoms with Crippen molar-refractivity contribution in [2.75, 3.05) is 11.9 Å². The fourth-order valence-corrected chi connectivity index (χ4v) is 2.30. The second-order valence-corrected chi connectivity index (χ2v) is 6.28. The van der Waals surface area contributed by atoms with Gasteiger partial charge in [-0.1, -0.05) is 31.5 Å². The van der Waals surface area contributed by atoms with Gasteiger partial charge in [0.05, 0.1) is 6.26 Å². The van der Waals surface area contributed by atoms with Crippen LogP contribution in [0.1, 0.15) is 24.4 Å². The number of esters is 1. The van der Waals surface area contributed by atoms with Crippen molar-refractivity contribution in [1.82, 2.24) is 5.32 Å². The highest BCUT2D eigenvalue weighted by Crippen LogP contribution is 2.14. The molecule has 0 fully saturated rings. The van der Waals surface area contributed by atoms with Crippen LogP contribution in [0.2, 0.25) is 5.02 Å². The van der Waals surface area contributed by atoms with Gasteiger partial charge >= 0.3 is 5.97 Å². The number of nitrogens with one attached hydrogen (secondary N) is 2. The monoisotopic (exact) mass is 378 g/mol. The molecule has 1 aromatic heterocycles. The first-order chi connectivity index (χ1) is 12.4. The summed E-state index contributed by atoms with van der Waals surface area (Å²) in [6.07, 6.45) is 1.36. The molecule has 0 unspecified atom stereocenters. The van der Waals surface area contributed by atoms with Gasteiger partial charge in [0.15, 0.2) is 12.4 Å². The van der Waals surface area contributed by atoms with Gasteiger partial charge in [-0.25, -0.2) is 4.79 Å². The van der Waals surface area contributed by atoms with Crippen molar-refractivity contribution in [3.63, 3.8) is 0 Å². The molecule has 2 rings (SSSR count). The molecule has 1 aromatic carbocycles. The van der Waals surface area contributed by atoms with Crippen molar-refractivity contribution in [1.29, 1.82) is 0 Å². The molecule has 0 spiro atoms. The highest BCUT2D eigenvalue weighted by atomic mass is 35.5. The van der Waals surface area contributed by atoms with E-state index in [0.29, 0.717) is 10.7 Å². The number of anilines is 1. The number of hydrogen-bond acceptors (Lipinski definition) is 5. The summed E-state index contributed by atoms with van der Waals surface area (Å²) in [5.74, 6) is -1.91. The summed E-state index contributed by atoms with van der Waals surface area (Å²) in [6, 6.07) is 8.73. The summed E-state index contributed by atoms with van der Waals surface area (Å²) in [7, 11) is 0. The van der Waals surface area contributed by atoms with Crippen molar-refractivity contribution < 1.29 is 23.5 Å². The van der Waals surface area contributed by atoms with Crippen molar-refractivity contribution in [3.05, 3.63) is 53.4 Å². The summed E-state index contributed by atoms with van der Waals surface area (Å²) in [4.78, 5) is 36.2. The van der Waals surface area contributed by atoms with E-state index in [1.54, 1.807) is 44.2 Å². The van der Waals surface area contributed by atoms with Crippen LogP contribution in [0.3, 0.4) is 0 Å². The molecule has 2 aromatic rings. The molecular formula is C18H19ClN2O5. The fourth-order valence-electron chi connectivity index (χ4n) is 2.11. The van der Waals surface area contributed by atoms with Gasteiger partial charge in [-0.2, -0.15) is 0 Å². The summed E-state index contributed by atoms with van der Waals surface area (Å²) in [5, 5.41) is 5.58. The van der Waals surface area contributed by atoms with Gasteiger partial charge in [0.2, 0.25) is 0 Å². The molecule has 8 heteroatoms. The van der Waals surface area contributed by atoms with Crippen LogP contribution in [0.5, 0.6) is 0 Å². The lowest BCUT2D eigenvalue weighted by Crippen LogP contribution is -2.45. The lowest BCUT2D eigenvalue weighted by molar-refractivity contribution is -0.150. The van der Waals surface area contributed by atoms with Gasteiger partial charge in [0.25, 0.3) is 11.8 Å². The zero-order valence-corrected chi connectivity index (χ0v) is 15.1. The Morgan fingerprint density at radius 3 is 2.58 bits per heavy atom. The number of furan rings is 1. The van der Waals surface area contributed by atoms with Crippen LogP contribution in [-0.4, -0.2) is 30.4 Å². The average molecular weight is 379 g/mol. The Hall–Kier alpha value is -2.80. The molecule has 138 valence electrons. The van der Waals surface area contributed by atoms with Gasteiger partial charge in [-0.3, -0.25) is 9.59 Å². The smallest absolute Gasteiger partial charge is 0.329 e. The van der Waals surface area contributed by atoms with Crippen molar-refractivity contribution in [3.8, 4) is 0 Å². The Balaban J connectivity index is 1.88. The van der Waals surface area contributed by atoms with Gasteiger partial charge in [-0.15, -0.1) is 0 Å². The number of halogens is 1. The third-order valence-corrected chi connectivity index (χ3v) is 3.64. The Kier molecular flexibility index (Phi) is 6.80. The molecule has 0 bridgehead atoms. The SMILES string of the molecule is CC(C)[C@@H](NC(=O)c1ccco1)C(=O)OCC(=O)Nc1cccc(Cl)c1. The van der Waals surface area contributed by atoms with E-state index in [-0.39, 0.29) is 11.7 Å². The fraction of sp³-hybridized carbons (Fsp3) is 0.278. The number of rotatable bonds is 7. The second kappa shape index (κ2) is 9.05. The highest BCUT2D eigenvalue weighted by Gasteiger charge is 2.27. The molecule has 0 radical (unpaired) electrons. The molecular weight excluding hydrogens is 360 g/mol.